The second kappa shape index (κ2) is 9.53. The summed E-state index contributed by atoms with van der Waals surface area (Å²) in [5.74, 6) is -0.843. The molecule has 0 aromatic rings. The molecule has 0 aliphatic heterocycles. The molecule has 0 spiro atoms. The number of ether oxygens (including phenoxy) is 2. The maximum Gasteiger partial charge on any atom is 0.338 e. The lowest BCUT2D eigenvalue weighted by Crippen LogP contribution is -2.17. The Bertz CT molecular complexity index is 430. The molecule has 0 atom stereocenters. The van der Waals surface area contributed by atoms with E-state index < -0.39 is 11.9 Å². The van der Waals surface area contributed by atoms with Gasteiger partial charge in [-0.25, -0.2) is 9.59 Å². The van der Waals surface area contributed by atoms with Crippen LogP contribution in [0.3, 0.4) is 0 Å². The lowest BCUT2D eigenvalue weighted by Gasteiger charge is -2.19. The van der Waals surface area contributed by atoms with Crippen molar-refractivity contribution in [3.63, 3.8) is 0 Å². The van der Waals surface area contributed by atoms with Crippen LogP contribution >= 0.6 is 0 Å². The van der Waals surface area contributed by atoms with E-state index in [1.54, 1.807) is 0 Å². The molecule has 0 saturated heterocycles. The van der Waals surface area contributed by atoms with Crippen LogP contribution in [0.25, 0.3) is 0 Å². The average Bonchev–Trinajstić information content (AvgIpc) is 2.66. The van der Waals surface area contributed by atoms with Crippen LogP contribution in [0.15, 0.2) is 23.3 Å². The quantitative estimate of drug-likeness (QED) is 0.492. The van der Waals surface area contributed by atoms with Crippen molar-refractivity contribution in [3.8, 4) is 0 Å². The minimum Gasteiger partial charge on any atom is -0.462 e. The fraction of sp³-hybridized carbons (Fsp3) is 0.684. The molecule has 23 heavy (non-hydrogen) atoms. The highest BCUT2D eigenvalue weighted by Crippen LogP contribution is 2.33. The van der Waals surface area contributed by atoms with Gasteiger partial charge in [-0.1, -0.05) is 52.7 Å². The molecule has 0 heterocycles. The van der Waals surface area contributed by atoms with Gasteiger partial charge in [0.1, 0.15) is 0 Å². The van der Waals surface area contributed by atoms with Crippen LogP contribution < -0.4 is 0 Å². The Morgan fingerprint density at radius 2 is 1.30 bits per heavy atom. The number of hydrogen-bond acceptors (Lipinski definition) is 4. The topological polar surface area (TPSA) is 52.6 Å². The number of unbranched alkanes of at least 4 members (excludes halogenated alkanes) is 2. The van der Waals surface area contributed by atoms with Gasteiger partial charge in [0.25, 0.3) is 0 Å². The highest BCUT2D eigenvalue weighted by atomic mass is 16.5. The van der Waals surface area contributed by atoms with E-state index in [0.717, 1.165) is 38.5 Å². The van der Waals surface area contributed by atoms with Crippen molar-refractivity contribution in [2.75, 3.05) is 13.2 Å². The van der Waals surface area contributed by atoms with Crippen LogP contribution in [0.2, 0.25) is 0 Å². The van der Waals surface area contributed by atoms with Gasteiger partial charge in [-0.2, -0.15) is 0 Å². The molecule has 0 bridgehead atoms. The van der Waals surface area contributed by atoms with E-state index in [1.165, 1.54) is 0 Å². The fourth-order valence-corrected chi connectivity index (χ4v) is 2.22. The van der Waals surface area contributed by atoms with E-state index in [4.69, 9.17) is 9.47 Å². The Morgan fingerprint density at radius 3 is 1.65 bits per heavy atom. The first-order chi connectivity index (χ1) is 10.9. The molecular formula is C19H30O4. The monoisotopic (exact) mass is 322 g/mol. The third-order valence-electron chi connectivity index (χ3n) is 3.91. The summed E-state index contributed by atoms with van der Waals surface area (Å²) in [6.45, 7) is 9.08. The maximum absolute atomic E-state index is 12.3. The summed E-state index contributed by atoms with van der Waals surface area (Å²) in [4.78, 5) is 24.7. The zero-order valence-electron chi connectivity index (χ0n) is 14.9. The zero-order valence-corrected chi connectivity index (χ0v) is 14.9. The van der Waals surface area contributed by atoms with Gasteiger partial charge in [-0.15, -0.1) is 0 Å². The molecule has 0 saturated carbocycles. The first-order valence-electron chi connectivity index (χ1n) is 8.66. The number of esters is 2. The molecule has 0 aromatic carbocycles. The number of allylic oxidation sites excluding steroid dienone is 2. The second-order valence-electron chi connectivity index (χ2n) is 6.79. The lowest BCUT2D eigenvalue weighted by atomic mass is 9.86. The van der Waals surface area contributed by atoms with Crippen molar-refractivity contribution in [1.82, 2.24) is 0 Å². The van der Waals surface area contributed by atoms with Gasteiger partial charge < -0.3 is 9.47 Å². The summed E-state index contributed by atoms with van der Waals surface area (Å²) in [5.41, 5.74) is 0.724. The number of rotatable bonds is 8. The molecule has 0 radical (unpaired) electrons. The average molecular weight is 322 g/mol. The minimum atomic E-state index is -0.421. The first kappa shape index (κ1) is 19.5. The molecule has 0 aromatic heterocycles. The van der Waals surface area contributed by atoms with Gasteiger partial charge in [0.2, 0.25) is 0 Å². The molecule has 1 rings (SSSR count). The van der Waals surface area contributed by atoms with E-state index >= 15 is 0 Å². The molecule has 0 fully saturated rings. The summed E-state index contributed by atoms with van der Waals surface area (Å²) < 4.78 is 10.6. The third kappa shape index (κ3) is 6.59. The van der Waals surface area contributed by atoms with Gasteiger partial charge >= 0.3 is 11.9 Å². The van der Waals surface area contributed by atoms with Crippen molar-refractivity contribution >= 4 is 11.9 Å². The van der Waals surface area contributed by atoms with Crippen molar-refractivity contribution < 1.29 is 19.1 Å². The molecular weight excluding hydrogens is 292 g/mol. The van der Waals surface area contributed by atoms with Crippen LogP contribution in [0, 0.1) is 5.41 Å². The SMILES string of the molecule is CCCCOC(=O)C1=CCC(C)(C)CC=C1C(=O)OCCCC. The highest BCUT2D eigenvalue weighted by molar-refractivity contribution is 6.07. The Labute approximate surface area is 139 Å². The first-order valence-corrected chi connectivity index (χ1v) is 8.66. The Morgan fingerprint density at radius 1 is 0.913 bits per heavy atom. The van der Waals surface area contributed by atoms with E-state index in [0.29, 0.717) is 24.4 Å². The smallest absolute Gasteiger partial charge is 0.338 e. The Hall–Kier alpha value is -1.58. The minimum absolute atomic E-state index is 0.0143. The number of carbonyl (C=O) groups excluding carboxylic acids is 2. The molecule has 4 heteroatoms. The molecule has 0 N–H and O–H groups in total. The van der Waals surface area contributed by atoms with E-state index in [1.807, 2.05) is 26.0 Å². The number of hydrogen-bond donors (Lipinski definition) is 0. The predicted molar refractivity (Wildman–Crippen MR) is 90.9 cm³/mol. The van der Waals surface area contributed by atoms with Gasteiger partial charge in [0.15, 0.2) is 0 Å². The zero-order chi connectivity index (χ0) is 17.3. The van der Waals surface area contributed by atoms with E-state index in [-0.39, 0.29) is 5.41 Å². The normalized spacial score (nSPS) is 16.9. The predicted octanol–water partition coefficient (Wildman–Crippen LogP) is 4.35. The van der Waals surface area contributed by atoms with Crippen molar-refractivity contribution in [2.24, 2.45) is 5.41 Å². The summed E-state index contributed by atoms with van der Waals surface area (Å²) in [7, 11) is 0. The number of carbonyl (C=O) groups is 2. The van der Waals surface area contributed by atoms with Crippen LogP contribution in [-0.4, -0.2) is 25.2 Å². The summed E-state index contributed by atoms with van der Waals surface area (Å²) in [6.07, 6.45) is 8.68. The lowest BCUT2D eigenvalue weighted by molar-refractivity contribution is -0.142. The van der Waals surface area contributed by atoms with Crippen LogP contribution in [0.4, 0.5) is 0 Å². The van der Waals surface area contributed by atoms with Crippen LogP contribution in [-0.2, 0) is 19.1 Å². The summed E-state index contributed by atoms with van der Waals surface area (Å²) >= 11 is 0. The van der Waals surface area contributed by atoms with Gasteiger partial charge in [0.05, 0.1) is 24.4 Å². The molecule has 1 aliphatic rings. The molecule has 130 valence electrons. The summed E-state index contributed by atoms with van der Waals surface area (Å²) in [5, 5.41) is 0. The standard InChI is InChI=1S/C19H30O4/c1-5-7-13-22-17(20)15-9-11-19(3,4)12-10-16(15)18(21)23-14-8-6-2/h9-10H,5-8,11-14H2,1-4H3. The highest BCUT2D eigenvalue weighted by Gasteiger charge is 2.28. The molecule has 0 unspecified atom stereocenters. The van der Waals surface area contributed by atoms with Gasteiger partial charge in [0, 0.05) is 0 Å². The third-order valence-corrected chi connectivity index (χ3v) is 3.91. The van der Waals surface area contributed by atoms with Gasteiger partial charge in [-0.05, 0) is 31.1 Å². The van der Waals surface area contributed by atoms with E-state index in [9.17, 15) is 9.59 Å². The van der Waals surface area contributed by atoms with Gasteiger partial charge in [-0.3, -0.25) is 0 Å². The van der Waals surface area contributed by atoms with Crippen LogP contribution in [0.5, 0.6) is 0 Å². The van der Waals surface area contributed by atoms with E-state index in [2.05, 4.69) is 13.8 Å². The largest absolute Gasteiger partial charge is 0.462 e. The van der Waals surface area contributed by atoms with Crippen molar-refractivity contribution in [1.29, 1.82) is 0 Å². The summed E-state index contributed by atoms with van der Waals surface area (Å²) in [6, 6.07) is 0. The Balaban J connectivity index is 2.88. The maximum atomic E-state index is 12.3. The second-order valence-corrected chi connectivity index (χ2v) is 6.79. The van der Waals surface area contributed by atoms with Crippen molar-refractivity contribution in [3.05, 3.63) is 23.3 Å². The Kier molecular flexibility index (Phi) is 8.07. The molecule has 4 nitrogen and oxygen atoms in total. The molecule has 0 amide bonds. The fourth-order valence-electron chi connectivity index (χ4n) is 2.22. The molecule has 1 aliphatic carbocycles. The van der Waals surface area contributed by atoms with Crippen LogP contribution in [0.1, 0.15) is 66.2 Å². The van der Waals surface area contributed by atoms with Crippen molar-refractivity contribution in [2.45, 2.75) is 66.2 Å².